The second kappa shape index (κ2) is 14.7. The Bertz CT molecular complexity index is 483. The molecule has 0 amide bonds. The van der Waals surface area contributed by atoms with E-state index in [1.165, 1.54) is 63.0 Å². The van der Waals surface area contributed by atoms with E-state index in [0.29, 0.717) is 0 Å². The maximum absolute atomic E-state index is 6.78. The molecule has 0 fully saturated rings. The Labute approximate surface area is 173 Å². The number of hydrogen-bond donors (Lipinski definition) is 0. The number of ether oxygens (including phenoxy) is 1. The molecule has 0 aliphatic carbocycles. The predicted octanol–water partition coefficient (Wildman–Crippen LogP) is 8.49. The minimum absolute atomic E-state index is 0.224. The molecule has 0 heterocycles. The monoisotopic (exact) mass is 480 g/mol. The Balaban J connectivity index is 2.94. The van der Waals surface area contributed by atoms with Crippen molar-refractivity contribution in [3.63, 3.8) is 0 Å². The Morgan fingerprint density at radius 3 is 1.85 bits per heavy atom. The van der Waals surface area contributed by atoms with Crippen molar-refractivity contribution >= 4 is 18.4 Å². The SMILES string of the molecule is CCC[CH2][Sn]([CH2]CCC)([CH2]CCC)[CH2]OC(CC=C(C)C)c1ccccc1. The van der Waals surface area contributed by atoms with Crippen LogP contribution < -0.4 is 0 Å². The number of hydrogen-bond acceptors (Lipinski definition) is 1. The van der Waals surface area contributed by atoms with E-state index in [1.54, 1.807) is 0 Å². The quantitative estimate of drug-likeness (QED) is 0.181. The summed E-state index contributed by atoms with van der Waals surface area (Å²) in [5, 5.41) is 0. The first-order valence-electron chi connectivity index (χ1n) is 11.4. The summed E-state index contributed by atoms with van der Waals surface area (Å²) in [5.74, 6) is 0. The van der Waals surface area contributed by atoms with Crippen LogP contribution in [0, 0.1) is 0 Å². The molecule has 1 nitrogen and oxygen atoms in total. The van der Waals surface area contributed by atoms with Crippen molar-refractivity contribution < 1.29 is 4.74 Å². The fraction of sp³-hybridized carbons (Fsp3) is 0.680. The zero-order valence-corrected chi connectivity index (χ0v) is 21.6. The average Bonchev–Trinajstić information content (AvgIpc) is 2.69. The summed E-state index contributed by atoms with van der Waals surface area (Å²) in [5.41, 5.74) is 2.73. The molecule has 0 bridgehead atoms. The first-order chi connectivity index (χ1) is 13.1. The molecule has 0 saturated heterocycles. The molecular formula is C25H44OSn. The van der Waals surface area contributed by atoms with Crippen molar-refractivity contribution in [3.8, 4) is 0 Å². The van der Waals surface area contributed by atoms with Crippen molar-refractivity contribution in [3.05, 3.63) is 47.5 Å². The van der Waals surface area contributed by atoms with E-state index in [2.05, 4.69) is 71.0 Å². The first-order valence-corrected chi connectivity index (χ1v) is 19.4. The van der Waals surface area contributed by atoms with Gasteiger partial charge in [-0.2, -0.15) is 0 Å². The van der Waals surface area contributed by atoms with E-state index >= 15 is 0 Å². The van der Waals surface area contributed by atoms with Crippen LogP contribution in [0.25, 0.3) is 0 Å². The van der Waals surface area contributed by atoms with Gasteiger partial charge in [-0.3, -0.25) is 0 Å². The van der Waals surface area contributed by atoms with Gasteiger partial charge in [0.05, 0.1) is 0 Å². The second-order valence-electron chi connectivity index (χ2n) is 8.54. The molecule has 0 aliphatic heterocycles. The molecular weight excluding hydrogens is 435 g/mol. The molecule has 0 spiro atoms. The van der Waals surface area contributed by atoms with Crippen LogP contribution >= 0.6 is 0 Å². The molecule has 0 N–H and O–H groups in total. The van der Waals surface area contributed by atoms with Gasteiger partial charge in [-0.15, -0.1) is 0 Å². The topological polar surface area (TPSA) is 9.23 Å². The normalized spacial score (nSPS) is 12.8. The number of allylic oxidation sites excluding steroid dienone is 1. The zero-order chi connectivity index (χ0) is 20.0. The van der Waals surface area contributed by atoms with Crippen LogP contribution in [0.4, 0.5) is 0 Å². The van der Waals surface area contributed by atoms with Crippen LogP contribution in [0.3, 0.4) is 0 Å². The number of unbranched alkanes of at least 4 members (excludes halogenated alkanes) is 3. The minimum atomic E-state index is -2.23. The van der Waals surface area contributed by atoms with Crippen LogP contribution in [0.2, 0.25) is 13.3 Å². The summed E-state index contributed by atoms with van der Waals surface area (Å²) in [6.07, 6.45) is 11.8. The summed E-state index contributed by atoms with van der Waals surface area (Å²) in [4.78, 5) is 0. The van der Waals surface area contributed by atoms with Crippen molar-refractivity contribution in [2.45, 2.75) is 99.0 Å². The van der Waals surface area contributed by atoms with Crippen LogP contribution in [0.1, 0.15) is 91.2 Å². The Morgan fingerprint density at radius 2 is 1.41 bits per heavy atom. The third kappa shape index (κ3) is 10.2. The fourth-order valence-corrected chi connectivity index (χ4v) is 18.2. The Hall–Kier alpha value is -0.281. The maximum atomic E-state index is 6.78. The van der Waals surface area contributed by atoms with E-state index in [1.807, 2.05) is 0 Å². The van der Waals surface area contributed by atoms with Gasteiger partial charge in [-0.1, -0.05) is 0 Å². The number of rotatable bonds is 15. The molecule has 1 aromatic rings. The van der Waals surface area contributed by atoms with Crippen LogP contribution in [-0.2, 0) is 4.74 Å². The Kier molecular flexibility index (Phi) is 13.5. The molecule has 1 unspecified atom stereocenters. The van der Waals surface area contributed by atoms with E-state index in [4.69, 9.17) is 4.74 Å². The third-order valence-corrected chi connectivity index (χ3v) is 20.0. The molecule has 2 heteroatoms. The van der Waals surface area contributed by atoms with Gasteiger partial charge in [-0.05, 0) is 0 Å². The molecule has 0 saturated carbocycles. The van der Waals surface area contributed by atoms with E-state index < -0.39 is 18.4 Å². The van der Waals surface area contributed by atoms with Gasteiger partial charge in [0.25, 0.3) is 0 Å². The van der Waals surface area contributed by atoms with Gasteiger partial charge in [0.15, 0.2) is 0 Å². The molecule has 1 atom stereocenters. The summed E-state index contributed by atoms with van der Waals surface area (Å²) in [6.45, 7) is 11.4. The fourth-order valence-electron chi connectivity index (χ4n) is 3.83. The van der Waals surface area contributed by atoms with Gasteiger partial charge in [-0.25, -0.2) is 0 Å². The molecule has 0 aromatic heterocycles. The standard InChI is InChI=1S/C13H17O.3C4H9.Sn/c1-11(2)9-10-13(14-3)12-7-5-4-6-8-12;3*1-3-4-2;/h4-9,13H,3,10H2,1-2H3;3*1,3-4H2,2H3;. The molecule has 1 aromatic carbocycles. The van der Waals surface area contributed by atoms with Crippen LogP contribution in [-0.4, -0.2) is 23.0 Å². The van der Waals surface area contributed by atoms with Gasteiger partial charge >= 0.3 is 174 Å². The molecule has 0 aliphatic rings. The molecule has 154 valence electrons. The van der Waals surface area contributed by atoms with Gasteiger partial charge < -0.3 is 0 Å². The van der Waals surface area contributed by atoms with Crippen LogP contribution in [0.5, 0.6) is 0 Å². The van der Waals surface area contributed by atoms with Gasteiger partial charge in [0.2, 0.25) is 0 Å². The van der Waals surface area contributed by atoms with Crippen molar-refractivity contribution in [2.24, 2.45) is 0 Å². The summed E-state index contributed by atoms with van der Waals surface area (Å²) < 4.78 is 12.5. The molecule has 0 radical (unpaired) electrons. The molecule has 27 heavy (non-hydrogen) atoms. The zero-order valence-electron chi connectivity index (χ0n) is 18.7. The molecule has 1 rings (SSSR count). The second-order valence-corrected chi connectivity index (χ2v) is 22.2. The summed E-state index contributed by atoms with van der Waals surface area (Å²) in [7, 11) is 0. The first kappa shape index (κ1) is 24.8. The van der Waals surface area contributed by atoms with Crippen molar-refractivity contribution in [2.75, 3.05) is 4.62 Å². The van der Waals surface area contributed by atoms with Crippen molar-refractivity contribution in [1.29, 1.82) is 0 Å². The predicted molar refractivity (Wildman–Crippen MR) is 124 cm³/mol. The van der Waals surface area contributed by atoms with Crippen molar-refractivity contribution in [1.82, 2.24) is 0 Å². The van der Waals surface area contributed by atoms with E-state index in [0.717, 1.165) is 11.0 Å². The average molecular weight is 479 g/mol. The Morgan fingerprint density at radius 1 is 0.889 bits per heavy atom. The van der Waals surface area contributed by atoms with Gasteiger partial charge in [0, 0.05) is 0 Å². The summed E-state index contributed by atoms with van der Waals surface area (Å²) >= 11 is -2.23. The van der Waals surface area contributed by atoms with Crippen LogP contribution in [0.15, 0.2) is 42.0 Å². The summed E-state index contributed by atoms with van der Waals surface area (Å²) in [6, 6.07) is 10.9. The van der Waals surface area contributed by atoms with Gasteiger partial charge in [0.1, 0.15) is 0 Å². The third-order valence-electron chi connectivity index (χ3n) is 5.68. The number of benzene rings is 1. The van der Waals surface area contributed by atoms with E-state index in [-0.39, 0.29) is 6.10 Å². The van der Waals surface area contributed by atoms with E-state index in [9.17, 15) is 0 Å².